The van der Waals surface area contributed by atoms with E-state index in [-0.39, 0.29) is 17.9 Å². The number of carbonyl (C=O) groups excluding carboxylic acids is 2. The van der Waals surface area contributed by atoms with Gasteiger partial charge in [-0.3, -0.25) is 10.1 Å². The van der Waals surface area contributed by atoms with Crippen LogP contribution in [0.3, 0.4) is 0 Å². The molecule has 196 valence electrons. The Kier molecular flexibility index (Phi) is 21.2. The van der Waals surface area contributed by atoms with Crippen molar-refractivity contribution in [3.05, 3.63) is 81.4 Å². The van der Waals surface area contributed by atoms with Crippen LogP contribution in [0.5, 0.6) is 0 Å². The molecule has 9 nitrogen and oxygen atoms in total. The van der Waals surface area contributed by atoms with Gasteiger partial charge in [0.2, 0.25) is 11.7 Å². The molecule has 0 aliphatic heterocycles. The molecule has 3 N–H and O–H groups in total. The van der Waals surface area contributed by atoms with Gasteiger partial charge in [-0.1, -0.05) is 24.3 Å². The number of halogens is 4. The summed E-state index contributed by atoms with van der Waals surface area (Å²) in [5.74, 6) is -4.17. The number of nitrogen functional groups attached to an aromatic ring is 1. The molecular weight excluding hydrogens is 632 g/mol. The molecule has 2 aromatic rings. The van der Waals surface area contributed by atoms with E-state index in [1.54, 1.807) is 31.2 Å². The fraction of sp³-hybridized carbons (Fsp3) is 0.182. The zero-order valence-electron chi connectivity index (χ0n) is 19.4. The van der Waals surface area contributed by atoms with Crippen LogP contribution < -0.4 is 5.73 Å². The number of benzene rings is 2. The molecule has 2 radical (unpaired) electrons. The summed E-state index contributed by atoms with van der Waals surface area (Å²) >= 11 is -0.826. The SMILES string of the molecule is CCO.COC(=O)/C(F)=C/c1cccc(N)c1.COC(=O)/C(F)=C/c1cccc([N+](=O)[O-])c1.[Cl][Sn][Cl]. The number of non-ortho nitro benzene ring substituents is 1. The monoisotopic (exact) mass is 656 g/mol. The van der Waals surface area contributed by atoms with Crippen LogP contribution in [0.2, 0.25) is 0 Å². The van der Waals surface area contributed by atoms with Crippen LogP contribution in [0.4, 0.5) is 20.2 Å². The summed E-state index contributed by atoms with van der Waals surface area (Å²) < 4.78 is 34.3. The number of ether oxygens (including phenoxy) is 2. The van der Waals surface area contributed by atoms with E-state index in [1.807, 2.05) is 0 Å². The van der Waals surface area contributed by atoms with Gasteiger partial charge in [-0.05, 0) is 42.3 Å². The first-order valence-electron chi connectivity index (χ1n) is 9.59. The molecule has 0 aromatic heterocycles. The molecule has 0 bridgehead atoms. The number of nitro groups is 1. The number of rotatable bonds is 5. The molecule has 0 heterocycles. The summed E-state index contributed by atoms with van der Waals surface area (Å²) in [5.41, 5.74) is 6.55. The van der Waals surface area contributed by atoms with Crippen molar-refractivity contribution < 1.29 is 37.9 Å². The van der Waals surface area contributed by atoms with Gasteiger partial charge in [-0.15, -0.1) is 0 Å². The average Bonchev–Trinajstić information content (AvgIpc) is 2.84. The van der Waals surface area contributed by atoms with Gasteiger partial charge in [0.05, 0.1) is 19.1 Å². The summed E-state index contributed by atoms with van der Waals surface area (Å²) in [6.07, 6.45) is 1.95. The van der Waals surface area contributed by atoms with Crippen LogP contribution in [-0.4, -0.2) is 61.7 Å². The Hall–Kier alpha value is -2.74. The first-order chi connectivity index (χ1) is 17.0. The number of aliphatic hydroxyl groups is 1. The summed E-state index contributed by atoms with van der Waals surface area (Å²) in [6.45, 7) is 1.93. The zero-order valence-corrected chi connectivity index (χ0v) is 23.8. The van der Waals surface area contributed by atoms with Gasteiger partial charge in [0.1, 0.15) is 0 Å². The van der Waals surface area contributed by atoms with Crippen molar-refractivity contribution in [2.45, 2.75) is 6.92 Å². The summed E-state index contributed by atoms with van der Waals surface area (Å²) in [5, 5.41) is 18.0. The van der Waals surface area contributed by atoms with Crippen molar-refractivity contribution in [2.24, 2.45) is 0 Å². The normalized spacial score (nSPS) is 10.2. The van der Waals surface area contributed by atoms with Crippen molar-refractivity contribution in [3.63, 3.8) is 0 Å². The molecule has 0 aliphatic rings. The molecule has 36 heavy (non-hydrogen) atoms. The molecule has 0 aliphatic carbocycles. The summed E-state index contributed by atoms with van der Waals surface area (Å²) in [7, 11) is 12.0. The van der Waals surface area contributed by atoms with Gasteiger partial charge in [0, 0.05) is 24.4 Å². The first-order valence-corrected chi connectivity index (χ1v) is 16.8. The molecule has 14 heteroatoms. The Balaban J connectivity index is 0. The van der Waals surface area contributed by atoms with Crippen molar-refractivity contribution in [1.29, 1.82) is 0 Å². The van der Waals surface area contributed by atoms with Gasteiger partial charge in [-0.25, -0.2) is 9.59 Å². The third-order valence-electron chi connectivity index (χ3n) is 3.34. The molecule has 0 spiro atoms. The third-order valence-corrected chi connectivity index (χ3v) is 3.34. The number of nitro benzene ring substituents is 1. The van der Waals surface area contributed by atoms with Gasteiger partial charge < -0.3 is 20.3 Å². The molecule has 2 aromatic carbocycles. The number of aliphatic hydroxyl groups excluding tert-OH is 1. The molecule has 2 rings (SSSR count). The molecule has 0 fully saturated rings. The zero-order chi connectivity index (χ0) is 28.1. The average molecular weight is 656 g/mol. The maximum atomic E-state index is 13.0. The van der Waals surface area contributed by atoms with E-state index < -0.39 is 47.4 Å². The molecule has 0 unspecified atom stereocenters. The molecule has 0 saturated carbocycles. The van der Waals surface area contributed by atoms with Crippen molar-refractivity contribution in [2.75, 3.05) is 26.6 Å². The maximum absolute atomic E-state index is 13.0. The number of nitrogens with two attached hydrogens (primary N) is 1. The summed E-state index contributed by atoms with van der Waals surface area (Å²) in [6, 6.07) is 11.8. The van der Waals surface area contributed by atoms with E-state index in [2.05, 4.69) is 9.47 Å². The van der Waals surface area contributed by atoms with Crippen molar-refractivity contribution in [3.8, 4) is 0 Å². The predicted molar refractivity (Wildman–Crippen MR) is 136 cm³/mol. The van der Waals surface area contributed by atoms with Crippen LogP contribution in [0.25, 0.3) is 12.2 Å². The van der Waals surface area contributed by atoms with Gasteiger partial charge in [0.15, 0.2) is 0 Å². The topological polar surface area (TPSA) is 142 Å². The van der Waals surface area contributed by atoms with Crippen molar-refractivity contribution in [1.82, 2.24) is 0 Å². The Labute approximate surface area is 224 Å². The second kappa shape index (κ2) is 21.5. The van der Waals surface area contributed by atoms with Crippen LogP contribution in [0, 0.1) is 10.1 Å². The van der Waals surface area contributed by atoms with E-state index >= 15 is 0 Å². The molecule has 0 atom stereocenters. The van der Waals surface area contributed by atoms with Crippen LogP contribution in [0.1, 0.15) is 18.1 Å². The van der Waals surface area contributed by atoms with Crippen molar-refractivity contribution >= 4 is 72.2 Å². The Morgan fingerprint density at radius 1 is 1.03 bits per heavy atom. The first kappa shape index (κ1) is 35.4. The van der Waals surface area contributed by atoms with E-state index in [9.17, 15) is 28.5 Å². The number of esters is 2. The number of anilines is 1. The molecule has 0 amide bonds. The minimum absolute atomic E-state index is 0.175. The van der Waals surface area contributed by atoms with Crippen LogP contribution in [-0.2, 0) is 19.1 Å². The van der Waals surface area contributed by atoms with E-state index in [0.717, 1.165) is 32.4 Å². The number of nitrogens with zero attached hydrogens (tertiary/aromatic N) is 1. The van der Waals surface area contributed by atoms with Crippen LogP contribution >= 0.6 is 17.8 Å². The number of carbonyl (C=O) groups is 2. The Morgan fingerprint density at radius 3 is 1.78 bits per heavy atom. The van der Waals surface area contributed by atoms with E-state index in [1.165, 1.54) is 18.2 Å². The van der Waals surface area contributed by atoms with Crippen LogP contribution in [0.15, 0.2) is 60.2 Å². The molecule has 0 saturated heterocycles. The minimum atomic E-state index is -1.12. The van der Waals surface area contributed by atoms with Gasteiger partial charge in [-0.2, -0.15) is 8.78 Å². The summed E-state index contributed by atoms with van der Waals surface area (Å²) in [4.78, 5) is 31.3. The standard InChI is InChI=1S/C10H8FNO4.C10H10FNO2.C2H6O.2ClH.Sn/c1-16-10(13)9(11)6-7-3-2-4-8(5-7)12(14)15;1-14-10(13)9(11)6-7-3-2-4-8(12)5-7;1-2-3;;;/h2-6H,1H3;2-6H,12H2,1H3;3H,2H2,1H3;2*1H;/q;;;;;+2/p-2/b2*9-6-;;;;. The molecular formula is C22H24Cl2F2N2O7Sn. The predicted octanol–water partition coefficient (Wildman–Crippen LogP) is 4.83. The fourth-order valence-corrected chi connectivity index (χ4v) is 1.98. The Morgan fingerprint density at radius 2 is 1.42 bits per heavy atom. The van der Waals surface area contributed by atoms with E-state index in [4.69, 9.17) is 28.7 Å². The number of methoxy groups -OCH3 is 2. The van der Waals surface area contributed by atoms with E-state index in [0.29, 0.717) is 11.3 Å². The number of hydrogen-bond donors (Lipinski definition) is 2. The number of hydrogen-bond acceptors (Lipinski definition) is 8. The Bertz CT molecular complexity index is 1040. The second-order valence-electron chi connectivity index (χ2n) is 5.88. The van der Waals surface area contributed by atoms with Gasteiger partial charge in [0.25, 0.3) is 5.69 Å². The fourth-order valence-electron chi connectivity index (χ4n) is 1.98. The van der Waals surface area contributed by atoms with Gasteiger partial charge >= 0.3 is 48.7 Å². The second-order valence-corrected chi connectivity index (χ2v) is 10.1. The quantitative estimate of drug-likeness (QED) is 0.117. The third kappa shape index (κ3) is 16.8.